The van der Waals surface area contributed by atoms with E-state index in [9.17, 15) is 0 Å². The molecule has 0 unspecified atom stereocenters. The molecule has 3 N–H and O–H groups in total. The highest BCUT2D eigenvalue weighted by Gasteiger charge is 2.00. The van der Waals surface area contributed by atoms with E-state index in [2.05, 4.69) is 11.4 Å². The summed E-state index contributed by atoms with van der Waals surface area (Å²) in [5, 5.41) is 20.7. The van der Waals surface area contributed by atoms with Crippen LogP contribution in [0.2, 0.25) is 0 Å². The van der Waals surface area contributed by atoms with Gasteiger partial charge in [0.2, 0.25) is 0 Å². The molecule has 0 amide bonds. The Hall–Kier alpha value is -0.900. The lowest BCUT2D eigenvalue weighted by atomic mass is 10.1. The van der Waals surface area contributed by atoms with E-state index in [1.165, 1.54) is 11.1 Å². The average molecular weight is 195 g/mol. The van der Waals surface area contributed by atoms with E-state index in [1.54, 1.807) is 0 Å². The molecule has 0 aliphatic carbocycles. The molecule has 1 aromatic rings. The maximum absolute atomic E-state index is 9.08. The fourth-order valence-electron chi connectivity index (χ4n) is 1.27. The zero-order chi connectivity index (χ0) is 10.4. The standard InChI is InChI=1S/C11H17NO2/c1-9-3-2-4-10(5-9)6-12-7-11(14)8-13/h2-5,11-14H,6-8H2,1H3/t11-/m1/s1. The van der Waals surface area contributed by atoms with E-state index >= 15 is 0 Å². The number of rotatable bonds is 5. The Morgan fingerprint density at radius 3 is 2.86 bits per heavy atom. The van der Waals surface area contributed by atoms with E-state index < -0.39 is 6.10 Å². The van der Waals surface area contributed by atoms with Gasteiger partial charge in [-0.3, -0.25) is 0 Å². The second-order valence-corrected chi connectivity index (χ2v) is 3.46. The van der Waals surface area contributed by atoms with Crippen LogP contribution in [-0.4, -0.2) is 29.5 Å². The first kappa shape index (κ1) is 11.2. The Morgan fingerprint density at radius 1 is 1.43 bits per heavy atom. The number of aliphatic hydroxyl groups excluding tert-OH is 2. The van der Waals surface area contributed by atoms with Gasteiger partial charge in [0.25, 0.3) is 0 Å². The van der Waals surface area contributed by atoms with Crippen LogP contribution in [0.15, 0.2) is 24.3 Å². The molecule has 0 fully saturated rings. The molecule has 1 atom stereocenters. The Bertz CT molecular complexity index is 276. The molecule has 1 aromatic carbocycles. The van der Waals surface area contributed by atoms with Crippen LogP contribution in [0.1, 0.15) is 11.1 Å². The molecule has 0 aliphatic rings. The normalized spacial score (nSPS) is 12.8. The second kappa shape index (κ2) is 5.75. The SMILES string of the molecule is Cc1cccc(CNC[C@@H](O)CO)c1. The Balaban J connectivity index is 2.31. The summed E-state index contributed by atoms with van der Waals surface area (Å²) < 4.78 is 0. The molecule has 0 bridgehead atoms. The van der Waals surface area contributed by atoms with Gasteiger partial charge < -0.3 is 15.5 Å². The van der Waals surface area contributed by atoms with E-state index in [-0.39, 0.29) is 6.61 Å². The van der Waals surface area contributed by atoms with E-state index in [0.29, 0.717) is 6.54 Å². The lowest BCUT2D eigenvalue weighted by molar-refractivity contribution is 0.0942. The first-order valence-electron chi connectivity index (χ1n) is 4.77. The maximum atomic E-state index is 9.08. The Labute approximate surface area is 84.4 Å². The smallest absolute Gasteiger partial charge is 0.0895 e. The molecule has 0 saturated heterocycles. The highest BCUT2D eigenvalue weighted by molar-refractivity contribution is 5.21. The van der Waals surface area contributed by atoms with Crippen LogP contribution < -0.4 is 5.32 Å². The Kier molecular flexibility index (Phi) is 4.59. The van der Waals surface area contributed by atoms with Gasteiger partial charge in [0, 0.05) is 13.1 Å². The highest BCUT2D eigenvalue weighted by atomic mass is 16.3. The van der Waals surface area contributed by atoms with Crippen molar-refractivity contribution in [2.75, 3.05) is 13.2 Å². The van der Waals surface area contributed by atoms with Gasteiger partial charge in [0.15, 0.2) is 0 Å². The van der Waals surface area contributed by atoms with E-state index in [1.807, 2.05) is 25.1 Å². The fraction of sp³-hybridized carbons (Fsp3) is 0.455. The van der Waals surface area contributed by atoms with Gasteiger partial charge in [-0.15, -0.1) is 0 Å². The lowest BCUT2D eigenvalue weighted by Gasteiger charge is -2.09. The van der Waals surface area contributed by atoms with Crippen LogP contribution in [0.3, 0.4) is 0 Å². The summed E-state index contributed by atoms with van der Waals surface area (Å²) in [6.45, 7) is 3.00. The summed E-state index contributed by atoms with van der Waals surface area (Å²) in [7, 11) is 0. The molecule has 3 heteroatoms. The van der Waals surface area contributed by atoms with Crippen LogP contribution in [0, 0.1) is 6.92 Å². The lowest BCUT2D eigenvalue weighted by Crippen LogP contribution is -2.28. The molecule has 0 radical (unpaired) electrons. The van der Waals surface area contributed by atoms with Crippen LogP contribution >= 0.6 is 0 Å². The first-order chi connectivity index (χ1) is 6.72. The minimum Gasteiger partial charge on any atom is -0.394 e. The number of hydrogen-bond donors (Lipinski definition) is 3. The summed E-state index contributed by atoms with van der Waals surface area (Å²) in [5.41, 5.74) is 2.42. The van der Waals surface area contributed by atoms with Crippen molar-refractivity contribution in [1.29, 1.82) is 0 Å². The van der Waals surface area contributed by atoms with E-state index in [0.717, 1.165) is 6.54 Å². The van der Waals surface area contributed by atoms with E-state index in [4.69, 9.17) is 10.2 Å². The summed E-state index contributed by atoms with van der Waals surface area (Å²) in [6.07, 6.45) is -0.667. The van der Waals surface area contributed by atoms with Crippen LogP contribution in [0.25, 0.3) is 0 Å². The molecular weight excluding hydrogens is 178 g/mol. The molecular formula is C11H17NO2. The molecule has 1 rings (SSSR count). The molecule has 0 aromatic heterocycles. The molecule has 14 heavy (non-hydrogen) atoms. The van der Waals surface area contributed by atoms with Crippen molar-refractivity contribution in [2.45, 2.75) is 19.6 Å². The monoisotopic (exact) mass is 195 g/mol. The maximum Gasteiger partial charge on any atom is 0.0895 e. The van der Waals surface area contributed by atoms with Gasteiger partial charge >= 0.3 is 0 Å². The largest absolute Gasteiger partial charge is 0.394 e. The third-order valence-electron chi connectivity index (χ3n) is 2.00. The van der Waals surface area contributed by atoms with Gasteiger partial charge in [-0.05, 0) is 12.5 Å². The minimum absolute atomic E-state index is 0.194. The van der Waals surface area contributed by atoms with Crippen molar-refractivity contribution in [1.82, 2.24) is 5.32 Å². The summed E-state index contributed by atoms with van der Waals surface area (Å²) in [4.78, 5) is 0. The van der Waals surface area contributed by atoms with Crippen molar-refractivity contribution in [3.05, 3.63) is 35.4 Å². The summed E-state index contributed by atoms with van der Waals surface area (Å²) >= 11 is 0. The second-order valence-electron chi connectivity index (χ2n) is 3.46. The van der Waals surface area contributed by atoms with Crippen molar-refractivity contribution in [3.63, 3.8) is 0 Å². The zero-order valence-corrected chi connectivity index (χ0v) is 8.40. The van der Waals surface area contributed by atoms with Crippen molar-refractivity contribution >= 4 is 0 Å². The number of benzene rings is 1. The predicted octanol–water partition coefficient (Wildman–Crippen LogP) is 0.438. The summed E-state index contributed by atoms with van der Waals surface area (Å²) in [6, 6.07) is 8.19. The molecule has 0 aliphatic heterocycles. The highest BCUT2D eigenvalue weighted by Crippen LogP contribution is 2.02. The molecule has 0 spiro atoms. The molecule has 0 saturated carbocycles. The summed E-state index contributed by atoms with van der Waals surface area (Å²) in [5.74, 6) is 0. The quantitative estimate of drug-likeness (QED) is 0.639. The van der Waals surface area contributed by atoms with Crippen LogP contribution in [0.5, 0.6) is 0 Å². The van der Waals surface area contributed by atoms with Gasteiger partial charge in [-0.25, -0.2) is 0 Å². The predicted molar refractivity (Wildman–Crippen MR) is 56.0 cm³/mol. The first-order valence-corrected chi connectivity index (χ1v) is 4.77. The van der Waals surface area contributed by atoms with Crippen LogP contribution in [-0.2, 0) is 6.54 Å². The van der Waals surface area contributed by atoms with Crippen LogP contribution in [0.4, 0.5) is 0 Å². The van der Waals surface area contributed by atoms with Gasteiger partial charge in [0.1, 0.15) is 0 Å². The third-order valence-corrected chi connectivity index (χ3v) is 2.00. The third kappa shape index (κ3) is 3.87. The molecule has 0 heterocycles. The number of aryl methyl sites for hydroxylation is 1. The number of nitrogens with one attached hydrogen (secondary N) is 1. The zero-order valence-electron chi connectivity index (χ0n) is 8.40. The van der Waals surface area contributed by atoms with Crippen molar-refractivity contribution in [2.24, 2.45) is 0 Å². The minimum atomic E-state index is -0.667. The van der Waals surface area contributed by atoms with Gasteiger partial charge in [-0.2, -0.15) is 0 Å². The molecule has 78 valence electrons. The number of aliphatic hydroxyl groups is 2. The Morgan fingerprint density at radius 2 is 2.21 bits per heavy atom. The van der Waals surface area contributed by atoms with Gasteiger partial charge in [-0.1, -0.05) is 29.8 Å². The fourth-order valence-corrected chi connectivity index (χ4v) is 1.27. The van der Waals surface area contributed by atoms with Gasteiger partial charge in [0.05, 0.1) is 12.7 Å². The van der Waals surface area contributed by atoms with Crippen molar-refractivity contribution in [3.8, 4) is 0 Å². The average Bonchev–Trinajstić information content (AvgIpc) is 2.17. The van der Waals surface area contributed by atoms with Crippen molar-refractivity contribution < 1.29 is 10.2 Å². The topological polar surface area (TPSA) is 52.5 Å². The number of hydrogen-bond acceptors (Lipinski definition) is 3. The molecule has 3 nitrogen and oxygen atoms in total.